The molecule has 3 rings (SSSR count). The van der Waals surface area contributed by atoms with Crippen molar-refractivity contribution in [3.8, 4) is 11.5 Å². The smallest absolute Gasteiger partial charge is 0.373 e. The maximum absolute atomic E-state index is 12.5. The Morgan fingerprint density at radius 2 is 1.81 bits per heavy atom. The van der Waals surface area contributed by atoms with Gasteiger partial charge in [-0.15, -0.1) is 0 Å². The molecule has 0 fully saturated rings. The fourth-order valence-corrected chi connectivity index (χ4v) is 2.96. The first-order valence-electron chi connectivity index (χ1n) is 9.45. The van der Waals surface area contributed by atoms with Crippen molar-refractivity contribution in [3.63, 3.8) is 0 Å². The quantitative estimate of drug-likeness (QED) is 0.625. The van der Waals surface area contributed by atoms with Crippen molar-refractivity contribution >= 4 is 28.6 Å². The van der Waals surface area contributed by atoms with E-state index >= 15 is 0 Å². The molecule has 1 amide bonds. The van der Waals surface area contributed by atoms with Crippen LogP contribution in [0.3, 0.4) is 0 Å². The SMILES string of the molecule is COc1ccc(C(=O)NC(C)(C)COc2cccc3nc(C)cc(N)c23)cc1.O=C=O. The van der Waals surface area contributed by atoms with Crippen LogP contribution in [0.2, 0.25) is 0 Å². The van der Waals surface area contributed by atoms with Crippen LogP contribution in [0.25, 0.3) is 10.9 Å². The second-order valence-electron chi connectivity index (χ2n) is 7.44. The van der Waals surface area contributed by atoms with Crippen molar-refractivity contribution < 1.29 is 23.9 Å². The molecular weight excluding hydrogens is 398 g/mol. The van der Waals surface area contributed by atoms with Crippen LogP contribution in [-0.4, -0.2) is 36.3 Å². The highest BCUT2D eigenvalue weighted by atomic mass is 16.5. The first-order chi connectivity index (χ1) is 14.7. The van der Waals surface area contributed by atoms with E-state index < -0.39 is 5.54 Å². The zero-order valence-electron chi connectivity index (χ0n) is 17.9. The van der Waals surface area contributed by atoms with Gasteiger partial charge >= 0.3 is 6.15 Å². The minimum atomic E-state index is -0.591. The summed E-state index contributed by atoms with van der Waals surface area (Å²) in [5, 5.41) is 3.78. The number of aromatic nitrogens is 1. The predicted molar refractivity (Wildman–Crippen MR) is 116 cm³/mol. The molecule has 0 atom stereocenters. The van der Waals surface area contributed by atoms with Gasteiger partial charge in [-0.1, -0.05) is 6.07 Å². The number of benzene rings is 2. The Morgan fingerprint density at radius 1 is 1.16 bits per heavy atom. The molecule has 3 N–H and O–H groups in total. The highest BCUT2D eigenvalue weighted by Gasteiger charge is 2.23. The lowest BCUT2D eigenvalue weighted by atomic mass is 10.1. The summed E-state index contributed by atoms with van der Waals surface area (Å²) in [6.45, 7) is 6.00. The molecule has 0 saturated carbocycles. The molecule has 162 valence electrons. The summed E-state index contributed by atoms with van der Waals surface area (Å²) in [7, 11) is 1.59. The van der Waals surface area contributed by atoms with E-state index in [-0.39, 0.29) is 18.7 Å². The number of carbonyl (C=O) groups excluding carboxylic acids is 3. The number of fused-ring (bicyclic) bond motifs is 1. The van der Waals surface area contributed by atoms with E-state index in [4.69, 9.17) is 24.8 Å². The Balaban J connectivity index is 0.00000107. The topological polar surface area (TPSA) is 121 Å². The van der Waals surface area contributed by atoms with Crippen molar-refractivity contribution in [2.45, 2.75) is 26.3 Å². The minimum Gasteiger partial charge on any atom is -0.497 e. The van der Waals surface area contributed by atoms with Gasteiger partial charge < -0.3 is 20.5 Å². The van der Waals surface area contributed by atoms with Gasteiger partial charge in [0.1, 0.15) is 18.1 Å². The molecule has 3 aromatic rings. The highest BCUT2D eigenvalue weighted by Crippen LogP contribution is 2.30. The summed E-state index contributed by atoms with van der Waals surface area (Å²) >= 11 is 0. The van der Waals surface area contributed by atoms with Gasteiger partial charge in [-0.3, -0.25) is 9.78 Å². The van der Waals surface area contributed by atoms with E-state index in [1.165, 1.54) is 0 Å². The predicted octanol–water partition coefficient (Wildman–Crippen LogP) is 3.14. The molecule has 0 spiro atoms. The molecule has 0 aliphatic heterocycles. The van der Waals surface area contributed by atoms with Crippen LogP contribution in [0.4, 0.5) is 5.69 Å². The first-order valence-corrected chi connectivity index (χ1v) is 9.45. The lowest BCUT2D eigenvalue weighted by Crippen LogP contribution is -2.47. The van der Waals surface area contributed by atoms with Crippen LogP contribution in [0.15, 0.2) is 48.5 Å². The summed E-state index contributed by atoms with van der Waals surface area (Å²) in [6, 6.07) is 14.4. The molecule has 8 heteroatoms. The Labute approximate surface area is 180 Å². The number of methoxy groups -OCH3 is 1. The van der Waals surface area contributed by atoms with Gasteiger partial charge in [0, 0.05) is 16.9 Å². The van der Waals surface area contributed by atoms with Crippen LogP contribution in [-0.2, 0) is 9.59 Å². The molecule has 0 unspecified atom stereocenters. The summed E-state index contributed by atoms with van der Waals surface area (Å²) in [5.74, 6) is 1.18. The Hall–Kier alpha value is -3.90. The van der Waals surface area contributed by atoms with Gasteiger partial charge in [0.05, 0.1) is 23.6 Å². The third-order valence-corrected chi connectivity index (χ3v) is 4.35. The van der Waals surface area contributed by atoms with Crippen molar-refractivity contribution in [1.29, 1.82) is 0 Å². The summed E-state index contributed by atoms with van der Waals surface area (Å²) in [4.78, 5) is 33.3. The number of nitrogens with zero attached hydrogens (tertiary/aromatic N) is 1. The number of nitrogen functional groups attached to an aromatic ring is 1. The molecule has 2 aromatic carbocycles. The molecule has 1 aromatic heterocycles. The average molecular weight is 423 g/mol. The Bertz CT molecular complexity index is 1090. The number of hydrogen-bond acceptors (Lipinski definition) is 7. The van der Waals surface area contributed by atoms with Crippen molar-refractivity contribution in [2.75, 3.05) is 19.5 Å². The summed E-state index contributed by atoms with van der Waals surface area (Å²) in [5.41, 5.74) is 8.41. The maximum atomic E-state index is 12.5. The van der Waals surface area contributed by atoms with Crippen LogP contribution >= 0.6 is 0 Å². The molecule has 0 bridgehead atoms. The molecular formula is C23H25N3O5. The minimum absolute atomic E-state index is 0.175. The van der Waals surface area contributed by atoms with Crippen molar-refractivity contribution in [2.24, 2.45) is 0 Å². The highest BCUT2D eigenvalue weighted by molar-refractivity contribution is 5.96. The fraction of sp³-hybridized carbons (Fsp3) is 0.261. The average Bonchev–Trinajstić information content (AvgIpc) is 2.72. The van der Waals surface area contributed by atoms with Crippen molar-refractivity contribution in [1.82, 2.24) is 10.3 Å². The van der Waals surface area contributed by atoms with E-state index in [0.29, 0.717) is 22.7 Å². The molecule has 31 heavy (non-hydrogen) atoms. The zero-order chi connectivity index (χ0) is 23.0. The second kappa shape index (κ2) is 10.2. The van der Waals surface area contributed by atoms with E-state index in [0.717, 1.165) is 16.6 Å². The number of aryl methyl sites for hydroxylation is 1. The van der Waals surface area contributed by atoms with Crippen molar-refractivity contribution in [3.05, 3.63) is 59.8 Å². The number of amides is 1. The summed E-state index contributed by atoms with van der Waals surface area (Å²) in [6.07, 6.45) is 0.250. The Morgan fingerprint density at radius 3 is 2.42 bits per heavy atom. The molecule has 1 heterocycles. The summed E-state index contributed by atoms with van der Waals surface area (Å²) < 4.78 is 11.1. The zero-order valence-corrected chi connectivity index (χ0v) is 17.9. The number of rotatable bonds is 6. The third kappa shape index (κ3) is 6.29. The standard InChI is InChI=1S/C22H25N3O3.CO2/c1-14-12-17(23)20-18(24-14)6-5-7-19(20)28-13-22(2,3)25-21(26)15-8-10-16(27-4)11-9-15;2-1-3/h5-12H,13H2,1-4H3,(H2,23,24)(H,25,26);. The van der Waals surface area contributed by atoms with Gasteiger partial charge in [-0.25, -0.2) is 0 Å². The number of nitrogens with two attached hydrogens (primary N) is 1. The van der Waals surface area contributed by atoms with Crippen LogP contribution in [0.1, 0.15) is 29.9 Å². The number of ether oxygens (including phenoxy) is 2. The number of pyridine rings is 1. The second-order valence-corrected chi connectivity index (χ2v) is 7.44. The molecule has 0 radical (unpaired) electrons. The van der Waals surface area contributed by atoms with Gasteiger partial charge in [-0.2, -0.15) is 9.59 Å². The van der Waals surface area contributed by atoms with Gasteiger partial charge in [0.2, 0.25) is 0 Å². The number of hydrogen-bond donors (Lipinski definition) is 2. The number of nitrogens with one attached hydrogen (secondary N) is 1. The number of carbonyl (C=O) groups is 1. The van der Waals surface area contributed by atoms with Crippen LogP contribution in [0, 0.1) is 6.92 Å². The third-order valence-electron chi connectivity index (χ3n) is 4.35. The van der Waals surface area contributed by atoms with Gasteiger partial charge in [-0.05, 0) is 63.2 Å². The fourth-order valence-electron chi connectivity index (χ4n) is 2.96. The largest absolute Gasteiger partial charge is 0.497 e. The van der Waals surface area contributed by atoms with E-state index in [9.17, 15) is 4.79 Å². The molecule has 0 aliphatic carbocycles. The maximum Gasteiger partial charge on any atom is 0.373 e. The Kier molecular flexibility index (Phi) is 7.71. The monoisotopic (exact) mass is 423 g/mol. The van der Waals surface area contributed by atoms with Crippen LogP contribution < -0.4 is 20.5 Å². The lowest BCUT2D eigenvalue weighted by Gasteiger charge is -2.27. The lowest BCUT2D eigenvalue weighted by molar-refractivity contribution is -0.191. The van der Waals surface area contributed by atoms with Gasteiger partial charge in [0.25, 0.3) is 5.91 Å². The number of anilines is 1. The van der Waals surface area contributed by atoms with Crippen LogP contribution in [0.5, 0.6) is 11.5 Å². The van der Waals surface area contributed by atoms with E-state index in [1.807, 2.05) is 45.0 Å². The molecule has 0 saturated heterocycles. The molecule has 8 nitrogen and oxygen atoms in total. The normalized spacial score (nSPS) is 10.5. The van der Waals surface area contributed by atoms with E-state index in [2.05, 4.69) is 10.3 Å². The first kappa shape index (κ1) is 23.4. The molecule has 0 aliphatic rings. The van der Waals surface area contributed by atoms with Gasteiger partial charge in [0.15, 0.2) is 0 Å². The van der Waals surface area contributed by atoms with E-state index in [1.54, 1.807) is 31.4 Å².